The first-order chi connectivity index (χ1) is 11.3. The smallest absolute Gasteiger partial charge is 0.0116 e. The van der Waals surface area contributed by atoms with Crippen LogP contribution in [0.25, 0.3) is 0 Å². The molecule has 1 atom stereocenters. The number of hydrogen-bond donors (Lipinski definition) is 0. The van der Waals surface area contributed by atoms with E-state index in [0.717, 1.165) is 5.75 Å². The molecule has 0 bridgehead atoms. The molecule has 24 heavy (non-hydrogen) atoms. The Morgan fingerprint density at radius 3 is 1.88 bits per heavy atom. The van der Waals surface area contributed by atoms with Crippen molar-refractivity contribution in [1.29, 1.82) is 0 Å². The molecule has 1 heteroatoms. The van der Waals surface area contributed by atoms with Crippen molar-refractivity contribution in [3.63, 3.8) is 0 Å². The molecular weight excluding hydrogens is 308 g/mol. The van der Waals surface area contributed by atoms with Crippen LogP contribution in [-0.2, 0) is 0 Å². The molecule has 0 aromatic carbocycles. The van der Waals surface area contributed by atoms with Gasteiger partial charge in [-0.25, -0.2) is 0 Å². The van der Waals surface area contributed by atoms with E-state index < -0.39 is 0 Å². The van der Waals surface area contributed by atoms with E-state index in [1.807, 2.05) is 25.6 Å². The SMILES string of the molecule is C=C(C)C(C)CSC/C=C(\C)CC/C=C(\C)CCC=C(C)C.CC. The zero-order chi connectivity index (χ0) is 19.0. The van der Waals surface area contributed by atoms with Gasteiger partial charge in [-0.15, -0.1) is 0 Å². The van der Waals surface area contributed by atoms with Crippen LogP contribution in [0.5, 0.6) is 0 Å². The second-order valence-corrected chi connectivity index (χ2v) is 7.82. The highest BCUT2D eigenvalue weighted by Crippen LogP contribution is 2.16. The van der Waals surface area contributed by atoms with Crippen molar-refractivity contribution >= 4 is 11.8 Å². The Balaban J connectivity index is 0. The second-order valence-electron chi connectivity index (χ2n) is 6.74. The van der Waals surface area contributed by atoms with Gasteiger partial charge in [-0.1, -0.05) is 67.9 Å². The standard InChI is InChI=1S/C21H36S.C2H6/c1-17(2)10-8-11-19(5)12-9-13-20(6)14-15-22-16-21(7)18(3)4;1-2/h10,12,14,21H,3,8-9,11,13,15-16H2,1-2,4-7H3;1-2H3/b19-12+,20-14+;. The van der Waals surface area contributed by atoms with Crippen LogP contribution in [0.2, 0.25) is 0 Å². The van der Waals surface area contributed by atoms with Crippen molar-refractivity contribution < 1.29 is 0 Å². The molecule has 0 fully saturated rings. The van der Waals surface area contributed by atoms with E-state index in [4.69, 9.17) is 0 Å². The topological polar surface area (TPSA) is 0 Å². The lowest BCUT2D eigenvalue weighted by molar-refractivity contribution is 0.787. The minimum atomic E-state index is 0.630. The lowest BCUT2D eigenvalue weighted by Crippen LogP contribution is -1.98. The van der Waals surface area contributed by atoms with E-state index in [-0.39, 0.29) is 0 Å². The Morgan fingerprint density at radius 2 is 1.38 bits per heavy atom. The second kappa shape index (κ2) is 17.1. The largest absolute Gasteiger partial charge is 0.157 e. The molecule has 0 amide bonds. The third-order valence-electron chi connectivity index (χ3n) is 3.88. The maximum atomic E-state index is 4.02. The van der Waals surface area contributed by atoms with E-state index in [1.54, 1.807) is 0 Å². The number of rotatable bonds is 11. The Labute approximate surface area is 157 Å². The summed E-state index contributed by atoms with van der Waals surface area (Å²) in [5.41, 5.74) is 5.76. The first-order valence-corrected chi connectivity index (χ1v) is 10.7. The van der Waals surface area contributed by atoms with Crippen molar-refractivity contribution in [2.24, 2.45) is 5.92 Å². The third-order valence-corrected chi connectivity index (χ3v) is 5.02. The zero-order valence-corrected chi connectivity index (χ0v) is 18.5. The molecule has 0 aromatic heterocycles. The summed E-state index contributed by atoms with van der Waals surface area (Å²) in [5, 5.41) is 0. The van der Waals surface area contributed by atoms with E-state index in [1.165, 1.54) is 53.7 Å². The Morgan fingerprint density at radius 1 is 0.875 bits per heavy atom. The summed E-state index contributed by atoms with van der Waals surface area (Å²) in [6.07, 6.45) is 11.9. The molecule has 0 rings (SSSR count). The Hall–Kier alpha value is -0.690. The summed E-state index contributed by atoms with van der Waals surface area (Å²) >= 11 is 2.01. The molecule has 0 heterocycles. The van der Waals surface area contributed by atoms with Gasteiger partial charge < -0.3 is 0 Å². The average Bonchev–Trinajstić information content (AvgIpc) is 2.52. The highest BCUT2D eigenvalue weighted by molar-refractivity contribution is 7.99. The first-order valence-electron chi connectivity index (χ1n) is 9.50. The summed E-state index contributed by atoms with van der Waals surface area (Å²) < 4.78 is 0. The maximum Gasteiger partial charge on any atom is 0.0116 e. The van der Waals surface area contributed by atoms with Crippen LogP contribution in [0.1, 0.15) is 81.1 Å². The van der Waals surface area contributed by atoms with Gasteiger partial charge >= 0.3 is 0 Å². The predicted molar refractivity (Wildman–Crippen MR) is 118 cm³/mol. The lowest BCUT2D eigenvalue weighted by Gasteiger charge is -2.09. The van der Waals surface area contributed by atoms with E-state index >= 15 is 0 Å². The summed E-state index contributed by atoms with van der Waals surface area (Å²) in [6, 6.07) is 0. The van der Waals surface area contributed by atoms with Crippen molar-refractivity contribution in [2.75, 3.05) is 11.5 Å². The molecule has 0 aliphatic rings. The molecule has 0 aromatic rings. The Bertz CT molecular complexity index is 406. The fraction of sp³-hybridized carbons (Fsp3) is 0.652. The third kappa shape index (κ3) is 17.7. The van der Waals surface area contributed by atoms with Gasteiger partial charge in [-0.3, -0.25) is 0 Å². The van der Waals surface area contributed by atoms with Gasteiger partial charge in [0.1, 0.15) is 0 Å². The fourth-order valence-corrected chi connectivity index (χ4v) is 3.10. The quantitative estimate of drug-likeness (QED) is 0.266. The Kier molecular flexibility index (Phi) is 18.2. The minimum absolute atomic E-state index is 0.630. The lowest BCUT2D eigenvalue weighted by atomic mass is 10.1. The van der Waals surface area contributed by atoms with Gasteiger partial charge in [-0.05, 0) is 72.0 Å². The molecule has 140 valence electrons. The highest BCUT2D eigenvalue weighted by Gasteiger charge is 2.01. The maximum absolute atomic E-state index is 4.02. The summed E-state index contributed by atoms with van der Waals surface area (Å²) in [7, 11) is 0. The molecule has 0 radical (unpaired) electrons. The zero-order valence-electron chi connectivity index (χ0n) is 17.7. The number of allylic oxidation sites excluding steroid dienone is 6. The van der Waals surface area contributed by atoms with Crippen LogP contribution in [0, 0.1) is 5.92 Å². The molecule has 0 saturated carbocycles. The average molecular weight is 351 g/mol. The van der Waals surface area contributed by atoms with Gasteiger partial charge in [0.2, 0.25) is 0 Å². The van der Waals surface area contributed by atoms with Crippen LogP contribution in [0.3, 0.4) is 0 Å². The van der Waals surface area contributed by atoms with Gasteiger partial charge in [0.15, 0.2) is 0 Å². The normalized spacial score (nSPS) is 13.0. The fourth-order valence-electron chi connectivity index (χ4n) is 1.93. The molecule has 0 spiro atoms. The van der Waals surface area contributed by atoms with Crippen LogP contribution < -0.4 is 0 Å². The van der Waals surface area contributed by atoms with Gasteiger partial charge in [0.05, 0.1) is 0 Å². The van der Waals surface area contributed by atoms with E-state index in [9.17, 15) is 0 Å². The van der Waals surface area contributed by atoms with E-state index in [2.05, 4.69) is 66.3 Å². The minimum Gasteiger partial charge on any atom is -0.157 e. The van der Waals surface area contributed by atoms with E-state index in [0.29, 0.717) is 5.92 Å². The van der Waals surface area contributed by atoms with Crippen LogP contribution in [-0.4, -0.2) is 11.5 Å². The molecule has 0 saturated heterocycles. The van der Waals surface area contributed by atoms with Crippen molar-refractivity contribution in [2.45, 2.75) is 81.1 Å². The molecule has 1 unspecified atom stereocenters. The molecule has 0 N–H and O–H groups in total. The molecule has 0 aliphatic heterocycles. The molecule has 0 aliphatic carbocycles. The molecular formula is C23H42S. The number of thioether (sulfide) groups is 1. The van der Waals surface area contributed by atoms with Crippen molar-refractivity contribution in [1.82, 2.24) is 0 Å². The van der Waals surface area contributed by atoms with Crippen molar-refractivity contribution in [3.05, 3.63) is 47.1 Å². The van der Waals surface area contributed by atoms with Gasteiger partial charge in [0.25, 0.3) is 0 Å². The van der Waals surface area contributed by atoms with Crippen LogP contribution in [0.4, 0.5) is 0 Å². The van der Waals surface area contributed by atoms with Crippen LogP contribution >= 0.6 is 11.8 Å². The summed E-state index contributed by atoms with van der Waals surface area (Å²) in [6.45, 7) is 21.3. The monoisotopic (exact) mass is 350 g/mol. The predicted octanol–water partition coefficient (Wildman–Crippen LogP) is 8.38. The first kappa shape index (κ1) is 25.5. The highest BCUT2D eigenvalue weighted by atomic mass is 32.2. The van der Waals surface area contributed by atoms with Gasteiger partial charge in [0, 0.05) is 5.75 Å². The molecule has 0 nitrogen and oxygen atoms in total. The van der Waals surface area contributed by atoms with Gasteiger partial charge in [-0.2, -0.15) is 11.8 Å². The summed E-state index contributed by atoms with van der Waals surface area (Å²) in [5.74, 6) is 2.94. The van der Waals surface area contributed by atoms with Crippen molar-refractivity contribution in [3.8, 4) is 0 Å². The van der Waals surface area contributed by atoms with Crippen LogP contribution in [0.15, 0.2) is 47.1 Å². The summed E-state index contributed by atoms with van der Waals surface area (Å²) in [4.78, 5) is 0. The number of hydrogen-bond acceptors (Lipinski definition) is 1.